The Morgan fingerprint density at radius 3 is 2.35 bits per heavy atom. The van der Waals surface area contributed by atoms with Gasteiger partial charge in [0.05, 0.1) is 11.4 Å². The van der Waals surface area contributed by atoms with Gasteiger partial charge < -0.3 is 39.1 Å². The molecule has 3 aromatic rings. The molecule has 0 saturated carbocycles. The Bertz CT molecular complexity index is 2230. The number of amides is 1. The maximum Gasteiger partial charge on any atom is 0.323 e. The van der Waals surface area contributed by atoms with Gasteiger partial charge in [-0.1, -0.05) is 30.3 Å². The first-order chi connectivity index (χ1) is 23.3. The predicted octanol–water partition coefficient (Wildman–Crippen LogP) is -0.424. The van der Waals surface area contributed by atoms with Crippen LogP contribution < -0.4 is 40.9 Å². The number of benzene rings is 2. The molecule has 3 aliphatic rings. The van der Waals surface area contributed by atoms with Crippen molar-refractivity contribution < 1.29 is 56.2 Å². The number of carbonyl (C=O) groups is 3. The highest BCUT2D eigenvalue weighted by Crippen LogP contribution is 2.48. The highest BCUT2D eigenvalue weighted by Gasteiger charge is 2.36. The van der Waals surface area contributed by atoms with Crippen LogP contribution in [0.3, 0.4) is 0 Å². The van der Waals surface area contributed by atoms with E-state index in [1.54, 1.807) is 47.4 Å². The number of carbonyl (C=O) groups excluding carboxylic acids is 1. The predicted molar refractivity (Wildman–Crippen MR) is 172 cm³/mol. The summed E-state index contributed by atoms with van der Waals surface area (Å²) in [7, 11) is -4.31. The van der Waals surface area contributed by atoms with Gasteiger partial charge >= 0.3 is 11.9 Å². The summed E-state index contributed by atoms with van der Waals surface area (Å²) in [4.78, 5) is 52.3. The lowest BCUT2D eigenvalue weighted by Crippen LogP contribution is -2.37. The van der Waals surface area contributed by atoms with Gasteiger partial charge in [-0.15, -0.1) is 0 Å². The van der Waals surface area contributed by atoms with Gasteiger partial charge in [-0.05, 0) is 30.3 Å². The van der Waals surface area contributed by atoms with Crippen LogP contribution in [0.15, 0.2) is 63.1 Å². The summed E-state index contributed by atoms with van der Waals surface area (Å²) in [6, 6.07) is 12.2. The average Bonchev–Trinajstić information content (AvgIpc) is 3.77. The molecule has 1 aromatic heterocycles. The number of anilines is 1. The van der Waals surface area contributed by atoms with Crippen LogP contribution in [0.5, 0.6) is 17.2 Å². The second kappa shape index (κ2) is 13.1. The van der Waals surface area contributed by atoms with E-state index >= 15 is 0 Å². The van der Waals surface area contributed by atoms with Crippen LogP contribution in [0.25, 0.3) is 11.8 Å². The number of rotatable bonds is 11. The van der Waals surface area contributed by atoms with E-state index in [0.717, 1.165) is 10.5 Å². The third kappa shape index (κ3) is 6.98. The first kappa shape index (κ1) is 33.2. The molecule has 19 heteroatoms. The molecule has 6 rings (SSSR count). The van der Waals surface area contributed by atoms with Crippen LogP contribution in [-0.4, -0.2) is 81.2 Å². The number of nitrogens with one attached hydrogen (secondary N) is 1. The SMILES string of the molecule is O=C(O)CN1C(=O)/C(=c2/o/c(=C\C(Cc3ccccc3)=C3\Oc4cc5c(cc4N3CCCS(=O)(=O)O)OCO5)c(=O)n2CC(=O)O)NC1=S. The first-order valence-corrected chi connectivity index (χ1v) is 16.4. The smallest absolute Gasteiger partial charge is 0.323 e. The van der Waals surface area contributed by atoms with Crippen molar-refractivity contribution in [2.45, 2.75) is 19.4 Å². The molecule has 256 valence electrons. The van der Waals surface area contributed by atoms with Gasteiger partial charge in [0, 0.05) is 30.7 Å². The fourth-order valence-electron chi connectivity index (χ4n) is 5.37. The topological polar surface area (TPSA) is 227 Å². The summed E-state index contributed by atoms with van der Waals surface area (Å²) in [5.41, 5.74) is -0.757. The fraction of sp³-hybridized carbons (Fsp3) is 0.233. The van der Waals surface area contributed by atoms with Gasteiger partial charge in [0.2, 0.25) is 18.2 Å². The number of oxazole rings is 1. The standard InChI is InChI=1S/C30H26N4O13S2/c35-23(36)13-33-26(39)22(47-29(33)25-27(40)34(14-24(37)38)30(48)31-25)10-17(9-16-5-2-1-3-6-16)28-32(7-4-8-49(41,42)43)18-11-20-21(45-15-44-20)12-19(18)46-28/h1-3,5-6,10-12H,4,7-9,13-15H2,(H,31,48)(H,35,36)(H,37,38)(H,41,42,43)/b22-10-,28-17+,29-25-. The van der Waals surface area contributed by atoms with Gasteiger partial charge in [-0.25, -0.2) is 0 Å². The lowest BCUT2D eigenvalue weighted by Gasteiger charge is -2.20. The van der Waals surface area contributed by atoms with Crippen LogP contribution in [0.1, 0.15) is 12.0 Å². The molecule has 4 N–H and O–H groups in total. The van der Waals surface area contributed by atoms with Gasteiger partial charge in [0.1, 0.15) is 13.1 Å². The molecule has 2 aromatic carbocycles. The Kier molecular flexibility index (Phi) is 8.88. The first-order valence-electron chi connectivity index (χ1n) is 14.4. The zero-order valence-corrected chi connectivity index (χ0v) is 26.8. The normalized spacial score (nSPS) is 17.7. The maximum atomic E-state index is 13.7. The number of nitrogens with zero attached hydrogens (tertiary/aromatic N) is 3. The summed E-state index contributed by atoms with van der Waals surface area (Å²) in [6.45, 7) is -1.71. The molecule has 17 nitrogen and oxygen atoms in total. The van der Waals surface area contributed by atoms with Gasteiger partial charge in [0.25, 0.3) is 21.6 Å². The van der Waals surface area contributed by atoms with E-state index in [0.29, 0.717) is 33.1 Å². The fourth-order valence-corrected chi connectivity index (χ4v) is 6.11. The van der Waals surface area contributed by atoms with Crippen molar-refractivity contribution in [2.75, 3.05) is 30.5 Å². The molecule has 1 amide bonds. The minimum atomic E-state index is -4.31. The van der Waals surface area contributed by atoms with Crippen LogP contribution in [-0.2, 0) is 37.5 Å². The minimum Gasteiger partial charge on any atom is -0.480 e. The number of thiocarbonyl (C=S) groups is 1. The molecular formula is C30H26N4O13S2. The van der Waals surface area contributed by atoms with Crippen molar-refractivity contribution in [3.05, 3.63) is 80.8 Å². The largest absolute Gasteiger partial charge is 0.480 e. The second-order valence-electron chi connectivity index (χ2n) is 10.9. The highest BCUT2D eigenvalue weighted by molar-refractivity contribution is 7.85. The zero-order chi connectivity index (χ0) is 35.0. The summed E-state index contributed by atoms with van der Waals surface area (Å²) < 4.78 is 56.4. The zero-order valence-electron chi connectivity index (χ0n) is 25.2. The Hall–Kier alpha value is -5.66. The van der Waals surface area contributed by atoms with Crippen LogP contribution >= 0.6 is 12.2 Å². The third-order valence-electron chi connectivity index (χ3n) is 7.44. The van der Waals surface area contributed by atoms with Crippen molar-refractivity contribution in [3.63, 3.8) is 0 Å². The molecule has 0 spiro atoms. The van der Waals surface area contributed by atoms with Gasteiger partial charge in [0.15, 0.2) is 33.5 Å². The Balaban J connectivity index is 1.55. The molecule has 3 aliphatic heterocycles. The number of allylic oxidation sites excluding steroid dienone is 1. The van der Waals surface area contributed by atoms with Gasteiger partial charge in [-0.3, -0.25) is 33.2 Å². The number of fused-ring (bicyclic) bond motifs is 2. The Morgan fingerprint density at radius 1 is 0.980 bits per heavy atom. The third-order valence-corrected chi connectivity index (χ3v) is 8.57. The lowest BCUT2D eigenvalue weighted by atomic mass is 10.0. The molecule has 0 atom stereocenters. The van der Waals surface area contributed by atoms with E-state index in [2.05, 4.69) is 5.32 Å². The van der Waals surface area contributed by atoms with Crippen molar-refractivity contribution in [3.8, 4) is 17.2 Å². The number of aliphatic carboxylic acids is 2. The van der Waals surface area contributed by atoms with E-state index in [-0.39, 0.29) is 37.2 Å². The number of hydrogen-bond acceptors (Lipinski definition) is 12. The Morgan fingerprint density at radius 2 is 1.67 bits per heavy atom. The van der Waals surface area contributed by atoms with Crippen molar-refractivity contribution in [1.82, 2.24) is 14.8 Å². The lowest BCUT2D eigenvalue weighted by molar-refractivity contribution is -0.140. The highest BCUT2D eigenvalue weighted by atomic mass is 32.2. The van der Waals surface area contributed by atoms with Crippen molar-refractivity contribution in [2.24, 2.45) is 0 Å². The summed E-state index contributed by atoms with van der Waals surface area (Å²) >= 11 is 5.09. The summed E-state index contributed by atoms with van der Waals surface area (Å²) in [5, 5.41) is 21.0. The second-order valence-corrected chi connectivity index (χ2v) is 12.8. The number of hydrogen-bond donors (Lipinski definition) is 4. The van der Waals surface area contributed by atoms with Crippen molar-refractivity contribution >= 4 is 62.8 Å². The number of aromatic nitrogens is 1. The monoisotopic (exact) mass is 714 g/mol. The van der Waals surface area contributed by atoms with Crippen LogP contribution in [0, 0.1) is 0 Å². The molecule has 49 heavy (non-hydrogen) atoms. The molecule has 4 heterocycles. The number of carboxylic acid groups (broad SMARTS) is 2. The molecule has 0 radical (unpaired) electrons. The molecule has 0 bridgehead atoms. The van der Waals surface area contributed by atoms with Crippen LogP contribution in [0.4, 0.5) is 5.69 Å². The number of carboxylic acids is 2. The summed E-state index contributed by atoms with van der Waals surface area (Å²) in [5.74, 6) is -3.04. The van der Waals surface area contributed by atoms with E-state index < -0.39 is 69.0 Å². The van der Waals surface area contributed by atoms with E-state index in [1.165, 1.54) is 6.08 Å². The molecule has 0 unspecified atom stereocenters. The molecular weight excluding hydrogens is 688 g/mol. The van der Waals surface area contributed by atoms with Gasteiger partial charge in [-0.2, -0.15) is 8.42 Å². The molecule has 1 fully saturated rings. The van der Waals surface area contributed by atoms with E-state index in [9.17, 15) is 42.4 Å². The van der Waals surface area contributed by atoms with Crippen LogP contribution in [0.2, 0.25) is 0 Å². The van der Waals surface area contributed by atoms with E-state index in [4.69, 9.17) is 30.8 Å². The number of ether oxygens (including phenoxy) is 3. The summed E-state index contributed by atoms with van der Waals surface area (Å²) in [6.07, 6.45) is 1.39. The van der Waals surface area contributed by atoms with Crippen molar-refractivity contribution in [1.29, 1.82) is 0 Å². The Labute approximate surface area is 281 Å². The maximum absolute atomic E-state index is 13.7. The molecule has 0 aliphatic carbocycles. The molecule has 1 saturated heterocycles. The minimum absolute atomic E-state index is 0.0185. The van der Waals surface area contributed by atoms with E-state index in [1.807, 2.05) is 0 Å². The average molecular weight is 715 g/mol. The quantitative estimate of drug-likeness (QED) is 0.146.